The van der Waals surface area contributed by atoms with Crippen molar-refractivity contribution in [2.75, 3.05) is 17.2 Å². The maximum absolute atomic E-state index is 12.4. The number of aryl methyl sites for hydroxylation is 2. The molecule has 0 spiro atoms. The quantitative estimate of drug-likeness (QED) is 0.282. The second kappa shape index (κ2) is 10.6. The molecule has 0 radical (unpaired) electrons. The van der Waals surface area contributed by atoms with Crippen molar-refractivity contribution in [2.45, 2.75) is 13.8 Å². The van der Waals surface area contributed by atoms with Crippen molar-refractivity contribution < 1.29 is 19.4 Å². The zero-order valence-electron chi connectivity index (χ0n) is 18.3. The lowest BCUT2D eigenvalue weighted by Gasteiger charge is -2.09. The highest BCUT2D eigenvalue weighted by atomic mass is 16.5. The number of nitriles is 1. The third-order valence-electron chi connectivity index (χ3n) is 4.82. The van der Waals surface area contributed by atoms with E-state index in [-0.39, 0.29) is 23.8 Å². The number of hydrogen-bond acceptors (Lipinski definition) is 5. The van der Waals surface area contributed by atoms with Gasteiger partial charge in [0.15, 0.2) is 6.61 Å². The number of aromatic hydroxyl groups is 1. The standard InChI is InChI=1S/C26H23N3O4/c1-17-6-7-22(12-18(17)2)28-25(31)16-33-24-5-3-4-19(14-24)13-20(15-27)26(32)29-21-8-10-23(30)11-9-21/h3-14,30H,16H2,1-2H3,(H,28,31)(H,29,32)/b20-13+. The first kappa shape index (κ1) is 23.1. The number of carbonyl (C=O) groups excluding carboxylic acids is 2. The van der Waals surface area contributed by atoms with Crippen LogP contribution >= 0.6 is 0 Å². The van der Waals surface area contributed by atoms with Gasteiger partial charge in [-0.25, -0.2) is 0 Å². The fourth-order valence-corrected chi connectivity index (χ4v) is 2.92. The SMILES string of the molecule is Cc1ccc(NC(=O)COc2cccc(/C=C(\C#N)C(=O)Nc3ccc(O)cc3)c2)cc1C. The van der Waals surface area contributed by atoms with E-state index >= 15 is 0 Å². The van der Waals surface area contributed by atoms with Gasteiger partial charge >= 0.3 is 0 Å². The average molecular weight is 441 g/mol. The van der Waals surface area contributed by atoms with E-state index in [0.717, 1.165) is 11.1 Å². The predicted octanol–water partition coefficient (Wildman–Crippen LogP) is 4.57. The summed E-state index contributed by atoms with van der Waals surface area (Å²) >= 11 is 0. The predicted molar refractivity (Wildman–Crippen MR) is 127 cm³/mol. The molecule has 3 N–H and O–H groups in total. The molecule has 0 saturated carbocycles. The minimum atomic E-state index is -0.581. The normalized spacial score (nSPS) is 10.8. The van der Waals surface area contributed by atoms with Crippen molar-refractivity contribution in [2.24, 2.45) is 0 Å². The smallest absolute Gasteiger partial charge is 0.266 e. The number of rotatable bonds is 7. The van der Waals surface area contributed by atoms with Gasteiger partial charge in [0, 0.05) is 11.4 Å². The van der Waals surface area contributed by atoms with E-state index in [1.54, 1.807) is 24.3 Å². The number of nitrogens with zero attached hydrogens (tertiary/aromatic N) is 1. The minimum absolute atomic E-state index is 0.0727. The molecule has 0 aliphatic rings. The van der Waals surface area contributed by atoms with Gasteiger partial charge in [0.05, 0.1) is 0 Å². The molecule has 0 aromatic heterocycles. The molecule has 0 aliphatic carbocycles. The van der Waals surface area contributed by atoms with Gasteiger partial charge in [-0.1, -0.05) is 18.2 Å². The molecule has 3 aromatic carbocycles. The van der Waals surface area contributed by atoms with Gasteiger partial charge in [-0.05, 0) is 85.1 Å². The Bertz CT molecular complexity index is 1240. The molecule has 0 atom stereocenters. The summed E-state index contributed by atoms with van der Waals surface area (Å²) < 4.78 is 5.57. The highest BCUT2D eigenvalue weighted by Crippen LogP contribution is 2.19. The van der Waals surface area contributed by atoms with Crippen LogP contribution in [0.3, 0.4) is 0 Å². The van der Waals surface area contributed by atoms with Crippen molar-refractivity contribution in [3.63, 3.8) is 0 Å². The summed E-state index contributed by atoms with van der Waals surface area (Å²) in [4.78, 5) is 24.6. The van der Waals surface area contributed by atoms with Crippen molar-refractivity contribution in [1.82, 2.24) is 0 Å². The van der Waals surface area contributed by atoms with Crippen molar-refractivity contribution in [1.29, 1.82) is 5.26 Å². The second-order valence-corrected chi connectivity index (χ2v) is 7.38. The number of nitrogens with one attached hydrogen (secondary N) is 2. The van der Waals surface area contributed by atoms with E-state index in [1.165, 1.54) is 30.3 Å². The number of hydrogen-bond donors (Lipinski definition) is 3. The van der Waals surface area contributed by atoms with Crippen molar-refractivity contribution in [3.05, 3.63) is 89.0 Å². The van der Waals surface area contributed by atoms with Crippen LogP contribution in [0.15, 0.2) is 72.3 Å². The molecule has 2 amide bonds. The number of benzene rings is 3. The lowest BCUT2D eigenvalue weighted by atomic mass is 10.1. The van der Waals surface area contributed by atoms with E-state index < -0.39 is 5.91 Å². The zero-order valence-corrected chi connectivity index (χ0v) is 18.3. The zero-order chi connectivity index (χ0) is 23.8. The molecule has 7 heteroatoms. The van der Waals surface area contributed by atoms with E-state index in [1.807, 2.05) is 38.1 Å². The van der Waals surface area contributed by atoms with E-state index in [2.05, 4.69) is 10.6 Å². The lowest BCUT2D eigenvalue weighted by Crippen LogP contribution is -2.20. The molecule has 7 nitrogen and oxygen atoms in total. The Morgan fingerprint density at radius 2 is 1.70 bits per heavy atom. The van der Waals surface area contributed by atoms with Gasteiger partial charge in [0.25, 0.3) is 11.8 Å². The Morgan fingerprint density at radius 1 is 0.970 bits per heavy atom. The number of anilines is 2. The van der Waals surface area contributed by atoms with E-state index in [0.29, 0.717) is 22.7 Å². The largest absolute Gasteiger partial charge is 0.508 e. The average Bonchev–Trinajstić information content (AvgIpc) is 2.80. The summed E-state index contributed by atoms with van der Waals surface area (Å²) in [5.41, 5.74) is 3.83. The summed E-state index contributed by atoms with van der Waals surface area (Å²) in [6, 6.07) is 20.2. The summed E-state index contributed by atoms with van der Waals surface area (Å²) in [6.07, 6.45) is 1.43. The fraction of sp³-hybridized carbons (Fsp3) is 0.115. The van der Waals surface area contributed by atoms with Crippen LogP contribution in [0.5, 0.6) is 11.5 Å². The molecule has 0 bridgehead atoms. The van der Waals surface area contributed by atoms with E-state index in [4.69, 9.17) is 4.74 Å². The molecule has 0 heterocycles. The topological polar surface area (TPSA) is 111 Å². The Hall–Kier alpha value is -4.57. The Kier molecular flexibility index (Phi) is 7.45. The van der Waals surface area contributed by atoms with Crippen LogP contribution in [0.4, 0.5) is 11.4 Å². The molecule has 3 rings (SSSR count). The molecular formula is C26H23N3O4. The molecule has 0 aliphatic heterocycles. The first-order chi connectivity index (χ1) is 15.8. The van der Waals surface area contributed by atoms with Crippen LogP contribution < -0.4 is 15.4 Å². The molecule has 166 valence electrons. The summed E-state index contributed by atoms with van der Waals surface area (Å²) in [6.45, 7) is 3.79. The molecule has 0 saturated heterocycles. The molecule has 3 aromatic rings. The van der Waals surface area contributed by atoms with Crippen LogP contribution in [0.2, 0.25) is 0 Å². The first-order valence-electron chi connectivity index (χ1n) is 10.2. The van der Waals surface area contributed by atoms with Gasteiger partial charge in [-0.3, -0.25) is 9.59 Å². The summed E-state index contributed by atoms with van der Waals surface area (Å²) in [7, 11) is 0. The summed E-state index contributed by atoms with van der Waals surface area (Å²) in [5, 5.41) is 24.1. The lowest BCUT2D eigenvalue weighted by molar-refractivity contribution is -0.118. The Morgan fingerprint density at radius 3 is 2.39 bits per heavy atom. The third kappa shape index (κ3) is 6.71. The van der Waals surface area contributed by atoms with Gasteiger partial charge in [-0.2, -0.15) is 5.26 Å². The number of amides is 2. The van der Waals surface area contributed by atoms with Gasteiger partial charge in [0.2, 0.25) is 0 Å². The van der Waals surface area contributed by atoms with Gasteiger partial charge < -0.3 is 20.5 Å². The number of phenolic OH excluding ortho intramolecular Hbond substituents is 1. The highest BCUT2D eigenvalue weighted by molar-refractivity contribution is 6.09. The highest BCUT2D eigenvalue weighted by Gasteiger charge is 2.10. The number of phenols is 1. The molecule has 33 heavy (non-hydrogen) atoms. The number of carbonyl (C=O) groups is 2. The van der Waals surface area contributed by atoms with Crippen LogP contribution in [0.25, 0.3) is 6.08 Å². The van der Waals surface area contributed by atoms with Crippen LogP contribution in [-0.4, -0.2) is 23.5 Å². The fourth-order valence-electron chi connectivity index (χ4n) is 2.92. The molecule has 0 fully saturated rings. The van der Waals surface area contributed by atoms with Crippen molar-refractivity contribution >= 4 is 29.3 Å². The Labute approximate surface area is 191 Å². The molecule has 0 unspecified atom stereocenters. The van der Waals surface area contributed by atoms with Gasteiger partial charge in [0.1, 0.15) is 23.1 Å². The number of ether oxygens (including phenoxy) is 1. The van der Waals surface area contributed by atoms with Crippen LogP contribution in [0.1, 0.15) is 16.7 Å². The second-order valence-electron chi connectivity index (χ2n) is 7.38. The molecular weight excluding hydrogens is 418 g/mol. The maximum atomic E-state index is 12.4. The first-order valence-corrected chi connectivity index (χ1v) is 10.2. The monoisotopic (exact) mass is 441 g/mol. The van der Waals surface area contributed by atoms with Gasteiger partial charge in [-0.15, -0.1) is 0 Å². The Balaban J connectivity index is 1.62. The minimum Gasteiger partial charge on any atom is -0.508 e. The van der Waals surface area contributed by atoms with Crippen molar-refractivity contribution in [3.8, 4) is 17.6 Å². The van der Waals surface area contributed by atoms with Crippen LogP contribution in [-0.2, 0) is 9.59 Å². The third-order valence-corrected chi connectivity index (χ3v) is 4.82. The maximum Gasteiger partial charge on any atom is 0.266 e. The van der Waals surface area contributed by atoms with E-state index in [9.17, 15) is 20.0 Å². The van der Waals surface area contributed by atoms with Crippen LogP contribution in [0, 0.1) is 25.2 Å². The summed E-state index contributed by atoms with van der Waals surface area (Å²) in [5.74, 6) is -0.383.